The third-order valence-corrected chi connectivity index (χ3v) is 3.72. The number of hydrogen-bond acceptors (Lipinski definition) is 2. The number of nitrogens with one attached hydrogen (secondary N) is 1. The van der Waals surface area contributed by atoms with Crippen LogP contribution in [0, 0.1) is 0 Å². The van der Waals surface area contributed by atoms with E-state index in [1.807, 2.05) is 0 Å². The van der Waals surface area contributed by atoms with Crippen LogP contribution < -0.4 is 4.72 Å². The Morgan fingerprint density at radius 2 is 2.07 bits per heavy atom. The van der Waals surface area contributed by atoms with Crippen LogP contribution >= 0.6 is 11.6 Å². The third kappa shape index (κ3) is 3.48. The number of benzene rings is 1. The molecule has 5 heteroatoms. The number of sulfonamides is 1. The van der Waals surface area contributed by atoms with Gasteiger partial charge in [-0.25, -0.2) is 13.1 Å². The monoisotopic (exact) mass is 247 g/mol. The number of alkyl halides is 1. The maximum Gasteiger partial charge on any atom is 0.240 e. The highest BCUT2D eigenvalue weighted by molar-refractivity contribution is 7.89. The maximum absolute atomic E-state index is 11.8. The Labute approximate surface area is 95.5 Å². The van der Waals surface area contributed by atoms with Crippen LogP contribution in [0.15, 0.2) is 29.2 Å². The molecule has 0 fully saturated rings. The van der Waals surface area contributed by atoms with Crippen LogP contribution in [-0.2, 0) is 15.9 Å². The molecule has 0 amide bonds. The van der Waals surface area contributed by atoms with Crippen LogP contribution in [0.2, 0.25) is 0 Å². The van der Waals surface area contributed by atoms with Gasteiger partial charge in [-0.1, -0.05) is 12.1 Å². The molecule has 0 bridgehead atoms. The lowest BCUT2D eigenvalue weighted by atomic mass is 10.2. The Hall–Kier alpha value is -0.580. The van der Waals surface area contributed by atoms with E-state index in [2.05, 4.69) is 4.72 Å². The van der Waals surface area contributed by atoms with E-state index in [1.165, 1.54) is 0 Å². The van der Waals surface area contributed by atoms with Crippen LogP contribution in [0.25, 0.3) is 0 Å². The van der Waals surface area contributed by atoms with Gasteiger partial charge in [0.15, 0.2) is 0 Å². The molecular weight excluding hydrogens is 234 g/mol. The number of halogens is 1. The largest absolute Gasteiger partial charge is 0.240 e. The second-order valence-corrected chi connectivity index (χ2v) is 5.54. The fraction of sp³-hybridized carbons (Fsp3) is 0.400. The quantitative estimate of drug-likeness (QED) is 0.829. The molecule has 15 heavy (non-hydrogen) atoms. The van der Waals surface area contributed by atoms with Crippen molar-refractivity contribution < 1.29 is 8.42 Å². The lowest BCUT2D eigenvalue weighted by Crippen LogP contribution is -2.30. The van der Waals surface area contributed by atoms with Crippen molar-refractivity contribution in [1.29, 1.82) is 0 Å². The van der Waals surface area contributed by atoms with Gasteiger partial charge in [0.1, 0.15) is 0 Å². The minimum atomic E-state index is -3.40. The van der Waals surface area contributed by atoms with Gasteiger partial charge in [-0.2, -0.15) is 0 Å². The molecule has 0 radical (unpaired) electrons. The zero-order chi connectivity index (χ0) is 11.5. The van der Waals surface area contributed by atoms with Gasteiger partial charge in [0.2, 0.25) is 10.0 Å². The minimum absolute atomic E-state index is 0.116. The van der Waals surface area contributed by atoms with E-state index in [0.717, 1.165) is 5.56 Å². The van der Waals surface area contributed by atoms with Crippen molar-refractivity contribution in [2.75, 3.05) is 0 Å². The van der Waals surface area contributed by atoms with Gasteiger partial charge in [-0.15, -0.1) is 11.6 Å². The van der Waals surface area contributed by atoms with Gasteiger partial charge in [0, 0.05) is 11.9 Å². The zero-order valence-electron chi connectivity index (χ0n) is 8.70. The molecule has 1 aromatic carbocycles. The van der Waals surface area contributed by atoms with Crippen molar-refractivity contribution in [2.24, 2.45) is 0 Å². The van der Waals surface area contributed by atoms with Crippen LogP contribution in [0.5, 0.6) is 0 Å². The Bertz CT molecular complexity index is 429. The summed E-state index contributed by atoms with van der Waals surface area (Å²) in [5.74, 6) is 0.311. The van der Waals surface area contributed by atoms with Crippen molar-refractivity contribution in [3.05, 3.63) is 29.8 Å². The Balaban J connectivity index is 3.04. The molecule has 0 heterocycles. The lowest BCUT2D eigenvalue weighted by Gasteiger charge is -2.09. The molecule has 0 aliphatic carbocycles. The fourth-order valence-corrected chi connectivity index (χ4v) is 2.66. The van der Waals surface area contributed by atoms with Crippen molar-refractivity contribution in [1.82, 2.24) is 4.72 Å². The van der Waals surface area contributed by atoms with Gasteiger partial charge in [-0.05, 0) is 31.5 Å². The second kappa shape index (κ2) is 4.96. The molecule has 0 unspecified atom stereocenters. The molecule has 0 aliphatic heterocycles. The van der Waals surface area contributed by atoms with Crippen LogP contribution in [-0.4, -0.2) is 14.5 Å². The summed E-state index contributed by atoms with van der Waals surface area (Å²) < 4.78 is 26.0. The molecule has 0 atom stereocenters. The average Bonchev–Trinajstić information content (AvgIpc) is 2.16. The first-order valence-corrected chi connectivity index (χ1v) is 6.64. The zero-order valence-corrected chi connectivity index (χ0v) is 10.3. The number of rotatable bonds is 4. The Morgan fingerprint density at radius 1 is 1.40 bits per heavy atom. The molecule has 0 aliphatic rings. The van der Waals surface area contributed by atoms with Crippen LogP contribution in [0.4, 0.5) is 0 Å². The molecule has 3 nitrogen and oxygen atoms in total. The van der Waals surface area contributed by atoms with Crippen molar-refractivity contribution >= 4 is 21.6 Å². The Kier molecular flexibility index (Phi) is 4.13. The summed E-state index contributed by atoms with van der Waals surface area (Å²) in [6.07, 6.45) is 0. The summed E-state index contributed by atoms with van der Waals surface area (Å²) in [5, 5.41) is 0. The summed E-state index contributed by atoms with van der Waals surface area (Å²) in [6, 6.07) is 6.50. The minimum Gasteiger partial charge on any atom is -0.209 e. The number of hydrogen-bond donors (Lipinski definition) is 1. The first kappa shape index (κ1) is 12.5. The normalized spacial score (nSPS) is 12.0. The molecular formula is C10H14ClNO2S. The standard InChI is InChI=1S/C10H14ClNO2S/c1-8(2)12-15(13,14)10-5-3-4-9(6-10)7-11/h3-6,8,12H,7H2,1-2H3. The third-order valence-electron chi connectivity index (χ3n) is 1.75. The highest BCUT2D eigenvalue weighted by Gasteiger charge is 2.14. The van der Waals surface area contributed by atoms with Gasteiger partial charge in [0.05, 0.1) is 4.90 Å². The lowest BCUT2D eigenvalue weighted by molar-refractivity contribution is 0.570. The summed E-state index contributed by atoms with van der Waals surface area (Å²) in [5.41, 5.74) is 0.795. The molecule has 1 rings (SSSR count). The molecule has 0 spiro atoms. The van der Waals surface area contributed by atoms with E-state index in [1.54, 1.807) is 38.1 Å². The van der Waals surface area contributed by atoms with E-state index in [-0.39, 0.29) is 10.9 Å². The first-order chi connectivity index (χ1) is 6.95. The predicted molar refractivity (Wildman–Crippen MR) is 61.5 cm³/mol. The highest BCUT2D eigenvalue weighted by atomic mass is 35.5. The van der Waals surface area contributed by atoms with Gasteiger partial charge < -0.3 is 0 Å². The van der Waals surface area contributed by atoms with E-state index in [4.69, 9.17) is 11.6 Å². The highest BCUT2D eigenvalue weighted by Crippen LogP contribution is 2.13. The molecule has 0 saturated carbocycles. The second-order valence-electron chi connectivity index (χ2n) is 3.56. The fourth-order valence-electron chi connectivity index (χ4n) is 1.17. The Morgan fingerprint density at radius 3 is 2.60 bits per heavy atom. The molecule has 0 aromatic heterocycles. The summed E-state index contributed by atoms with van der Waals surface area (Å²) in [6.45, 7) is 3.56. The summed E-state index contributed by atoms with van der Waals surface area (Å²) >= 11 is 5.64. The predicted octanol–water partition coefficient (Wildman–Crippen LogP) is 2.11. The van der Waals surface area contributed by atoms with Gasteiger partial charge in [0.25, 0.3) is 0 Å². The van der Waals surface area contributed by atoms with Crippen LogP contribution in [0.1, 0.15) is 19.4 Å². The SMILES string of the molecule is CC(C)NS(=O)(=O)c1cccc(CCl)c1. The molecule has 0 saturated heterocycles. The topological polar surface area (TPSA) is 46.2 Å². The van der Waals surface area contributed by atoms with Gasteiger partial charge >= 0.3 is 0 Å². The molecule has 1 N–H and O–H groups in total. The van der Waals surface area contributed by atoms with Crippen molar-refractivity contribution in [3.8, 4) is 0 Å². The first-order valence-electron chi connectivity index (χ1n) is 4.63. The molecule has 84 valence electrons. The maximum atomic E-state index is 11.8. The van der Waals surface area contributed by atoms with Crippen molar-refractivity contribution in [3.63, 3.8) is 0 Å². The summed E-state index contributed by atoms with van der Waals surface area (Å²) in [4.78, 5) is 0.259. The molecule has 1 aromatic rings. The smallest absolute Gasteiger partial charge is 0.209 e. The van der Waals surface area contributed by atoms with Gasteiger partial charge in [-0.3, -0.25) is 0 Å². The summed E-state index contributed by atoms with van der Waals surface area (Å²) in [7, 11) is -3.40. The van der Waals surface area contributed by atoms with E-state index in [9.17, 15) is 8.42 Å². The van der Waals surface area contributed by atoms with E-state index in [0.29, 0.717) is 5.88 Å². The average molecular weight is 248 g/mol. The van der Waals surface area contributed by atoms with Crippen LogP contribution in [0.3, 0.4) is 0 Å². The van der Waals surface area contributed by atoms with Crippen molar-refractivity contribution in [2.45, 2.75) is 30.7 Å². The van der Waals surface area contributed by atoms with E-state index < -0.39 is 10.0 Å². The van der Waals surface area contributed by atoms with E-state index >= 15 is 0 Å².